The Bertz CT molecular complexity index is 405. The van der Waals surface area contributed by atoms with Crippen LogP contribution in [-0.4, -0.2) is 33.5 Å². The highest BCUT2D eigenvalue weighted by Crippen LogP contribution is 2.30. The molecule has 0 heterocycles. The van der Waals surface area contributed by atoms with E-state index in [1.54, 1.807) is 7.11 Å². The lowest BCUT2D eigenvalue weighted by Crippen LogP contribution is -2.10. The second-order valence-corrected chi connectivity index (χ2v) is 5.21. The van der Waals surface area contributed by atoms with Gasteiger partial charge in [-0.15, -0.1) is 0 Å². The Kier molecular flexibility index (Phi) is 7.41. The zero-order valence-electron chi connectivity index (χ0n) is 13.1. The summed E-state index contributed by atoms with van der Waals surface area (Å²) in [6.07, 6.45) is 0.911. The van der Waals surface area contributed by atoms with E-state index >= 15 is 0 Å². The summed E-state index contributed by atoms with van der Waals surface area (Å²) in [6, 6.07) is 4.02. The number of hydrogen-bond acceptors (Lipinski definition) is 4. The van der Waals surface area contributed by atoms with Crippen molar-refractivity contribution in [2.75, 3.05) is 39.3 Å². The maximum Gasteiger partial charge on any atom is 0.123 e. The molecule has 114 valence electrons. The molecule has 20 heavy (non-hydrogen) atoms. The van der Waals surface area contributed by atoms with Crippen LogP contribution in [0.15, 0.2) is 12.1 Å². The number of benzene rings is 1. The summed E-state index contributed by atoms with van der Waals surface area (Å²) in [5.74, 6) is 1.29. The van der Waals surface area contributed by atoms with E-state index < -0.39 is 0 Å². The van der Waals surface area contributed by atoms with Gasteiger partial charge in [-0.1, -0.05) is 13.8 Å². The number of aryl methyl sites for hydroxylation is 1. The van der Waals surface area contributed by atoms with Crippen molar-refractivity contribution in [2.24, 2.45) is 0 Å². The van der Waals surface area contributed by atoms with Crippen LogP contribution in [0.2, 0.25) is 0 Å². The average molecular weight is 281 g/mol. The number of hydrogen-bond donors (Lipinski definition) is 1. The third-order valence-corrected chi connectivity index (χ3v) is 3.14. The van der Waals surface area contributed by atoms with E-state index in [0.29, 0.717) is 25.7 Å². The lowest BCUT2D eigenvalue weighted by Gasteiger charge is -2.16. The van der Waals surface area contributed by atoms with Gasteiger partial charge in [-0.25, -0.2) is 0 Å². The highest BCUT2D eigenvalue weighted by molar-refractivity contribution is 5.55. The molecule has 0 unspecified atom stereocenters. The summed E-state index contributed by atoms with van der Waals surface area (Å²) in [5.41, 5.74) is 8.97. The number of nitrogen functional groups attached to an aromatic ring is 1. The lowest BCUT2D eigenvalue weighted by molar-refractivity contribution is 0.0803. The van der Waals surface area contributed by atoms with E-state index in [4.69, 9.17) is 19.9 Å². The van der Waals surface area contributed by atoms with Gasteiger partial charge in [0.1, 0.15) is 12.4 Å². The van der Waals surface area contributed by atoms with Crippen LogP contribution in [0.5, 0.6) is 5.75 Å². The van der Waals surface area contributed by atoms with Crippen molar-refractivity contribution in [1.82, 2.24) is 0 Å². The second-order valence-electron chi connectivity index (χ2n) is 5.21. The SMILES string of the molecule is COCCCOCCOc1cc(C)c(N)cc1C(C)C. The average Bonchev–Trinajstić information content (AvgIpc) is 2.41. The smallest absolute Gasteiger partial charge is 0.123 e. The predicted octanol–water partition coefficient (Wildman–Crippen LogP) is 3.13. The Balaban J connectivity index is 2.45. The first kappa shape index (κ1) is 16.8. The zero-order chi connectivity index (χ0) is 15.0. The highest BCUT2D eigenvalue weighted by Gasteiger charge is 2.10. The minimum atomic E-state index is 0.385. The first-order valence-electron chi connectivity index (χ1n) is 7.15. The predicted molar refractivity (Wildman–Crippen MR) is 82.5 cm³/mol. The molecule has 0 fully saturated rings. The van der Waals surface area contributed by atoms with Gasteiger partial charge in [0, 0.05) is 26.0 Å². The number of ether oxygens (including phenoxy) is 3. The molecule has 0 saturated heterocycles. The fourth-order valence-corrected chi connectivity index (χ4v) is 1.91. The highest BCUT2D eigenvalue weighted by atomic mass is 16.5. The summed E-state index contributed by atoms with van der Waals surface area (Å²) in [6.45, 7) is 8.84. The third-order valence-electron chi connectivity index (χ3n) is 3.14. The van der Waals surface area contributed by atoms with Gasteiger partial charge in [-0.2, -0.15) is 0 Å². The molecule has 0 saturated carbocycles. The van der Waals surface area contributed by atoms with Gasteiger partial charge in [0.15, 0.2) is 0 Å². The van der Waals surface area contributed by atoms with Gasteiger partial charge < -0.3 is 19.9 Å². The summed E-state index contributed by atoms with van der Waals surface area (Å²) < 4.78 is 16.3. The molecule has 4 heteroatoms. The Morgan fingerprint density at radius 3 is 2.50 bits per heavy atom. The number of anilines is 1. The Morgan fingerprint density at radius 2 is 1.85 bits per heavy atom. The zero-order valence-corrected chi connectivity index (χ0v) is 13.1. The monoisotopic (exact) mass is 281 g/mol. The van der Waals surface area contributed by atoms with Crippen molar-refractivity contribution in [2.45, 2.75) is 33.1 Å². The molecule has 0 amide bonds. The number of nitrogens with two attached hydrogens (primary N) is 1. The molecule has 4 nitrogen and oxygen atoms in total. The second kappa shape index (κ2) is 8.82. The van der Waals surface area contributed by atoms with E-state index in [9.17, 15) is 0 Å². The molecule has 0 aromatic heterocycles. The van der Waals surface area contributed by atoms with Crippen molar-refractivity contribution >= 4 is 5.69 Å². The van der Waals surface area contributed by atoms with Crippen LogP contribution in [0.1, 0.15) is 37.3 Å². The van der Waals surface area contributed by atoms with Gasteiger partial charge >= 0.3 is 0 Å². The van der Waals surface area contributed by atoms with Crippen molar-refractivity contribution < 1.29 is 14.2 Å². The van der Waals surface area contributed by atoms with Crippen molar-refractivity contribution in [3.05, 3.63) is 23.3 Å². The van der Waals surface area contributed by atoms with Gasteiger partial charge in [0.2, 0.25) is 0 Å². The van der Waals surface area contributed by atoms with Crippen LogP contribution in [0.25, 0.3) is 0 Å². The molecule has 1 aromatic carbocycles. The van der Waals surface area contributed by atoms with Crippen LogP contribution >= 0.6 is 0 Å². The Hall–Kier alpha value is -1.26. The molecule has 2 N–H and O–H groups in total. The first-order valence-corrected chi connectivity index (χ1v) is 7.15. The maximum absolute atomic E-state index is 5.96. The largest absolute Gasteiger partial charge is 0.491 e. The molecule has 0 aliphatic heterocycles. The summed E-state index contributed by atoms with van der Waals surface area (Å²) in [4.78, 5) is 0. The Labute approximate surface area is 122 Å². The number of rotatable bonds is 9. The van der Waals surface area contributed by atoms with Crippen LogP contribution in [-0.2, 0) is 9.47 Å². The van der Waals surface area contributed by atoms with Crippen molar-refractivity contribution in [3.8, 4) is 5.75 Å². The lowest BCUT2D eigenvalue weighted by atomic mass is 9.99. The normalized spacial score (nSPS) is 11.1. The van der Waals surface area contributed by atoms with E-state index in [1.165, 1.54) is 0 Å². The third kappa shape index (κ3) is 5.39. The van der Waals surface area contributed by atoms with Crippen LogP contribution in [0.3, 0.4) is 0 Å². The van der Waals surface area contributed by atoms with Gasteiger partial charge in [0.25, 0.3) is 0 Å². The first-order chi connectivity index (χ1) is 9.56. The number of methoxy groups -OCH3 is 1. The van der Waals surface area contributed by atoms with Gasteiger partial charge in [-0.05, 0) is 42.5 Å². The molecular weight excluding hydrogens is 254 g/mol. The van der Waals surface area contributed by atoms with E-state index in [2.05, 4.69) is 13.8 Å². The fourth-order valence-electron chi connectivity index (χ4n) is 1.91. The van der Waals surface area contributed by atoms with Crippen molar-refractivity contribution in [3.63, 3.8) is 0 Å². The van der Waals surface area contributed by atoms with E-state index in [-0.39, 0.29) is 0 Å². The van der Waals surface area contributed by atoms with E-state index in [0.717, 1.165) is 35.6 Å². The minimum Gasteiger partial charge on any atom is -0.491 e. The molecule has 0 aliphatic rings. The molecule has 1 rings (SSSR count). The molecule has 0 aliphatic carbocycles. The molecule has 0 bridgehead atoms. The van der Waals surface area contributed by atoms with Gasteiger partial charge in [0.05, 0.1) is 6.61 Å². The van der Waals surface area contributed by atoms with Crippen LogP contribution < -0.4 is 10.5 Å². The molecule has 0 radical (unpaired) electrons. The quantitative estimate of drug-likeness (QED) is 0.558. The fraction of sp³-hybridized carbons (Fsp3) is 0.625. The van der Waals surface area contributed by atoms with Crippen LogP contribution in [0, 0.1) is 6.92 Å². The molecular formula is C16H27NO3. The van der Waals surface area contributed by atoms with Crippen molar-refractivity contribution in [1.29, 1.82) is 0 Å². The molecule has 0 spiro atoms. The van der Waals surface area contributed by atoms with Gasteiger partial charge in [-0.3, -0.25) is 0 Å². The van der Waals surface area contributed by atoms with Crippen LogP contribution in [0.4, 0.5) is 5.69 Å². The summed E-state index contributed by atoms with van der Waals surface area (Å²) >= 11 is 0. The molecule has 0 atom stereocenters. The Morgan fingerprint density at radius 1 is 1.10 bits per heavy atom. The molecule has 1 aromatic rings. The van der Waals surface area contributed by atoms with E-state index in [1.807, 2.05) is 19.1 Å². The summed E-state index contributed by atoms with van der Waals surface area (Å²) in [5, 5.41) is 0. The minimum absolute atomic E-state index is 0.385. The maximum atomic E-state index is 5.96. The summed E-state index contributed by atoms with van der Waals surface area (Å²) in [7, 11) is 1.69. The topological polar surface area (TPSA) is 53.7 Å². The standard InChI is InChI=1S/C16H27NO3/c1-12(2)14-11-15(17)13(3)10-16(14)20-9-8-19-7-5-6-18-4/h10-12H,5-9,17H2,1-4H3.